The van der Waals surface area contributed by atoms with Gasteiger partial charge in [0.2, 0.25) is 0 Å². The first-order valence-corrected chi connectivity index (χ1v) is 19.9. The van der Waals surface area contributed by atoms with Gasteiger partial charge in [0, 0.05) is 11.4 Å². The van der Waals surface area contributed by atoms with Crippen LogP contribution in [0.3, 0.4) is 0 Å². The SMILES string of the molecule is c1ccc(-c2ccc(N(c3ccccc3)c3ccccc3C3(c4ccccc4)c4ccccc4C4(c5ccccc5)c5ccccc5-c5cccc3c54)cc2)cc1. The van der Waals surface area contributed by atoms with Crippen molar-refractivity contribution in [3.05, 3.63) is 281 Å². The number of hydrogen-bond donors (Lipinski definition) is 0. The van der Waals surface area contributed by atoms with Crippen LogP contribution in [-0.2, 0) is 10.8 Å². The number of anilines is 3. The predicted molar refractivity (Wildman–Crippen MR) is 236 cm³/mol. The Morgan fingerprint density at radius 1 is 0.263 bits per heavy atom. The fourth-order valence-corrected chi connectivity index (χ4v) is 10.2. The van der Waals surface area contributed by atoms with Crippen molar-refractivity contribution in [3.63, 3.8) is 0 Å². The molecule has 11 rings (SSSR count). The van der Waals surface area contributed by atoms with Gasteiger partial charge in [0.25, 0.3) is 0 Å². The lowest BCUT2D eigenvalue weighted by atomic mass is 9.51. The van der Waals surface area contributed by atoms with Crippen LogP contribution in [0.1, 0.15) is 44.5 Å². The third-order valence-corrected chi connectivity index (χ3v) is 12.4. The largest absolute Gasteiger partial charge is 0.310 e. The zero-order chi connectivity index (χ0) is 37.8. The molecule has 0 aliphatic heterocycles. The van der Waals surface area contributed by atoms with Gasteiger partial charge in [-0.05, 0) is 97.1 Å². The molecule has 0 fully saturated rings. The van der Waals surface area contributed by atoms with Gasteiger partial charge in [-0.25, -0.2) is 0 Å². The molecule has 57 heavy (non-hydrogen) atoms. The molecule has 2 unspecified atom stereocenters. The predicted octanol–water partition coefficient (Wildman–Crippen LogP) is 13.9. The lowest BCUT2D eigenvalue weighted by molar-refractivity contribution is 0.627. The maximum Gasteiger partial charge on any atom is 0.0728 e. The van der Waals surface area contributed by atoms with Crippen LogP contribution >= 0.6 is 0 Å². The van der Waals surface area contributed by atoms with Crippen LogP contribution in [0.25, 0.3) is 22.3 Å². The fourth-order valence-electron chi connectivity index (χ4n) is 10.2. The summed E-state index contributed by atoms with van der Waals surface area (Å²) < 4.78 is 0. The number of nitrogens with zero attached hydrogens (tertiary/aromatic N) is 1. The second kappa shape index (κ2) is 13.2. The minimum atomic E-state index is -0.683. The van der Waals surface area contributed by atoms with Crippen LogP contribution in [0.5, 0.6) is 0 Å². The van der Waals surface area contributed by atoms with Gasteiger partial charge >= 0.3 is 0 Å². The van der Waals surface area contributed by atoms with Gasteiger partial charge in [0.15, 0.2) is 0 Å². The highest BCUT2D eigenvalue weighted by Crippen LogP contribution is 2.66. The quantitative estimate of drug-likeness (QED) is 0.158. The summed E-state index contributed by atoms with van der Waals surface area (Å²) in [7, 11) is 0. The Morgan fingerprint density at radius 3 is 1.37 bits per heavy atom. The third kappa shape index (κ3) is 4.76. The average Bonchev–Trinajstić information content (AvgIpc) is 3.61. The van der Waals surface area contributed by atoms with Gasteiger partial charge in [-0.15, -0.1) is 0 Å². The van der Waals surface area contributed by atoms with Gasteiger partial charge in [-0.1, -0.05) is 206 Å². The van der Waals surface area contributed by atoms with Crippen molar-refractivity contribution in [3.8, 4) is 22.3 Å². The molecule has 1 heteroatoms. The molecule has 0 saturated carbocycles. The molecule has 1 nitrogen and oxygen atoms in total. The molecule has 9 aromatic carbocycles. The lowest BCUT2D eigenvalue weighted by Gasteiger charge is -2.50. The molecule has 0 aromatic heterocycles. The van der Waals surface area contributed by atoms with E-state index in [0.717, 1.165) is 17.1 Å². The summed E-state index contributed by atoms with van der Waals surface area (Å²) in [6.07, 6.45) is 0. The van der Waals surface area contributed by atoms with Crippen molar-refractivity contribution in [2.24, 2.45) is 0 Å². The maximum absolute atomic E-state index is 2.45. The molecule has 0 heterocycles. The summed E-state index contributed by atoms with van der Waals surface area (Å²) in [6.45, 7) is 0. The van der Waals surface area contributed by atoms with Gasteiger partial charge < -0.3 is 4.90 Å². The molecule has 9 aromatic rings. The van der Waals surface area contributed by atoms with Crippen LogP contribution in [0.2, 0.25) is 0 Å². The third-order valence-electron chi connectivity index (χ3n) is 12.4. The molecule has 2 atom stereocenters. The summed E-state index contributed by atoms with van der Waals surface area (Å²) in [4.78, 5) is 2.45. The van der Waals surface area contributed by atoms with Gasteiger partial charge in [-0.3, -0.25) is 0 Å². The van der Waals surface area contributed by atoms with E-state index in [9.17, 15) is 0 Å². The summed E-state index contributed by atoms with van der Waals surface area (Å²) in [5, 5.41) is 0. The molecule has 0 N–H and O–H groups in total. The smallest absolute Gasteiger partial charge is 0.0728 e. The Kier molecular flexibility index (Phi) is 7.69. The van der Waals surface area contributed by atoms with Crippen LogP contribution in [0, 0.1) is 0 Å². The van der Waals surface area contributed by atoms with Crippen LogP contribution in [-0.4, -0.2) is 0 Å². The first-order valence-electron chi connectivity index (χ1n) is 19.9. The van der Waals surface area contributed by atoms with Crippen LogP contribution < -0.4 is 4.90 Å². The highest BCUT2D eigenvalue weighted by molar-refractivity contribution is 5.93. The van der Waals surface area contributed by atoms with Crippen molar-refractivity contribution in [1.82, 2.24) is 0 Å². The Bertz CT molecular complexity index is 2880. The van der Waals surface area contributed by atoms with E-state index in [0.29, 0.717) is 0 Å². The van der Waals surface area contributed by atoms with E-state index in [4.69, 9.17) is 0 Å². The first kappa shape index (κ1) is 33.1. The second-order valence-corrected chi connectivity index (χ2v) is 15.2. The summed E-state index contributed by atoms with van der Waals surface area (Å²) in [5.74, 6) is 0. The van der Waals surface area contributed by atoms with E-state index in [1.807, 2.05) is 0 Å². The molecule has 2 aliphatic rings. The Labute approximate surface area is 334 Å². The number of hydrogen-bond acceptors (Lipinski definition) is 1. The van der Waals surface area contributed by atoms with Crippen LogP contribution in [0.15, 0.2) is 237 Å². The Hall–Kier alpha value is -7.22. The highest BCUT2D eigenvalue weighted by Gasteiger charge is 2.58. The molecule has 0 amide bonds. The first-order chi connectivity index (χ1) is 28.3. The summed E-state index contributed by atoms with van der Waals surface area (Å²) in [6, 6.07) is 87.5. The van der Waals surface area contributed by atoms with Gasteiger partial charge in [-0.2, -0.15) is 0 Å². The molecule has 268 valence electrons. The molecule has 0 saturated heterocycles. The van der Waals surface area contributed by atoms with E-state index < -0.39 is 10.8 Å². The van der Waals surface area contributed by atoms with Crippen LogP contribution in [0.4, 0.5) is 17.1 Å². The molecule has 0 bridgehead atoms. The summed E-state index contributed by atoms with van der Waals surface area (Å²) in [5.41, 5.74) is 17.5. The number of fused-ring (bicyclic) bond motifs is 5. The van der Waals surface area contributed by atoms with Crippen molar-refractivity contribution in [2.45, 2.75) is 10.8 Å². The molecule has 0 radical (unpaired) electrons. The van der Waals surface area contributed by atoms with Gasteiger partial charge in [0.1, 0.15) is 0 Å². The zero-order valence-electron chi connectivity index (χ0n) is 31.5. The minimum Gasteiger partial charge on any atom is -0.310 e. The van der Waals surface area contributed by atoms with Crippen molar-refractivity contribution < 1.29 is 0 Å². The normalized spacial score (nSPS) is 17.3. The maximum atomic E-state index is 2.45. The van der Waals surface area contributed by atoms with E-state index in [2.05, 4.69) is 241 Å². The van der Waals surface area contributed by atoms with E-state index in [-0.39, 0.29) is 0 Å². The topological polar surface area (TPSA) is 3.24 Å². The molecular formula is C56H39N. The average molecular weight is 726 g/mol. The monoisotopic (exact) mass is 725 g/mol. The fraction of sp³-hybridized carbons (Fsp3) is 0.0357. The van der Waals surface area contributed by atoms with E-state index in [1.165, 1.54) is 66.8 Å². The standard InChI is InChI=1S/C56H39N/c1-5-20-40(21-6-1)41-36-38-45(39-37-41)57(44-26-11-4-12-27-44)53-35-18-17-33-51(53)55(42-22-7-2-8-23-42)49-31-15-16-32-50(49)56(43-24-9-3-10-25-43)48-30-14-13-28-46(48)47-29-19-34-52(55)54(47)56/h1-39H. The molecule has 0 spiro atoms. The Morgan fingerprint density at radius 2 is 0.702 bits per heavy atom. The van der Waals surface area contributed by atoms with Crippen molar-refractivity contribution >= 4 is 17.1 Å². The molecule has 2 aliphatic carbocycles. The number of benzene rings is 9. The minimum absolute atomic E-state index is 0.500. The number of rotatable bonds is 7. The number of para-hydroxylation sites is 2. The lowest BCUT2D eigenvalue weighted by Crippen LogP contribution is -2.44. The van der Waals surface area contributed by atoms with E-state index in [1.54, 1.807) is 0 Å². The highest BCUT2D eigenvalue weighted by atomic mass is 15.1. The van der Waals surface area contributed by atoms with Gasteiger partial charge in [0.05, 0.1) is 16.5 Å². The summed E-state index contributed by atoms with van der Waals surface area (Å²) >= 11 is 0. The Balaban J connectivity index is 1.26. The zero-order valence-corrected chi connectivity index (χ0v) is 31.5. The van der Waals surface area contributed by atoms with Crippen molar-refractivity contribution in [2.75, 3.05) is 4.90 Å². The molecular weight excluding hydrogens is 687 g/mol. The second-order valence-electron chi connectivity index (χ2n) is 15.2. The van der Waals surface area contributed by atoms with E-state index >= 15 is 0 Å². The van der Waals surface area contributed by atoms with Crippen molar-refractivity contribution in [1.29, 1.82) is 0 Å².